The highest BCUT2D eigenvalue weighted by Crippen LogP contribution is 2.29. The van der Waals surface area contributed by atoms with Crippen molar-refractivity contribution in [1.29, 1.82) is 0 Å². The SMILES string of the molecule is COC(=O)[C@@H](Cc1ccc(C)cc1)NC(=O)c1ccc(C(F)(F)F)cc1. The lowest BCUT2D eigenvalue weighted by Gasteiger charge is -2.17. The van der Waals surface area contributed by atoms with E-state index in [1.807, 2.05) is 31.2 Å². The van der Waals surface area contributed by atoms with Crippen LogP contribution in [0.15, 0.2) is 48.5 Å². The molecule has 2 aromatic carbocycles. The monoisotopic (exact) mass is 365 g/mol. The lowest BCUT2D eigenvalue weighted by molar-refractivity contribution is -0.142. The number of carbonyl (C=O) groups excluding carboxylic acids is 2. The molecule has 0 saturated carbocycles. The third-order valence-electron chi connectivity index (χ3n) is 3.83. The number of rotatable bonds is 5. The number of alkyl halides is 3. The van der Waals surface area contributed by atoms with Gasteiger partial charge in [-0.15, -0.1) is 0 Å². The van der Waals surface area contributed by atoms with Gasteiger partial charge in [0.15, 0.2) is 0 Å². The van der Waals surface area contributed by atoms with Crippen LogP contribution in [0.1, 0.15) is 27.0 Å². The van der Waals surface area contributed by atoms with E-state index in [0.717, 1.165) is 35.4 Å². The molecule has 0 radical (unpaired) electrons. The van der Waals surface area contributed by atoms with Crippen LogP contribution in [0.3, 0.4) is 0 Å². The zero-order valence-electron chi connectivity index (χ0n) is 14.3. The van der Waals surface area contributed by atoms with Crippen molar-refractivity contribution in [3.8, 4) is 0 Å². The molecule has 0 unspecified atom stereocenters. The largest absolute Gasteiger partial charge is 0.467 e. The number of amides is 1. The molecule has 0 aliphatic carbocycles. The van der Waals surface area contributed by atoms with Gasteiger partial charge < -0.3 is 10.1 Å². The van der Waals surface area contributed by atoms with Gasteiger partial charge in [-0.1, -0.05) is 29.8 Å². The lowest BCUT2D eigenvalue weighted by atomic mass is 10.0. The van der Waals surface area contributed by atoms with Crippen LogP contribution in [0.4, 0.5) is 13.2 Å². The van der Waals surface area contributed by atoms with Crippen molar-refractivity contribution in [2.24, 2.45) is 0 Å². The number of halogens is 3. The summed E-state index contributed by atoms with van der Waals surface area (Å²) < 4.78 is 42.5. The number of carbonyl (C=O) groups is 2. The van der Waals surface area contributed by atoms with Crippen LogP contribution < -0.4 is 5.32 Å². The zero-order chi connectivity index (χ0) is 19.3. The Kier molecular flexibility index (Phi) is 6.02. The van der Waals surface area contributed by atoms with Gasteiger partial charge in [-0.25, -0.2) is 4.79 Å². The highest BCUT2D eigenvalue weighted by Gasteiger charge is 2.30. The van der Waals surface area contributed by atoms with Crippen molar-refractivity contribution in [3.63, 3.8) is 0 Å². The van der Waals surface area contributed by atoms with Gasteiger partial charge in [0.05, 0.1) is 12.7 Å². The van der Waals surface area contributed by atoms with Crippen molar-refractivity contribution in [1.82, 2.24) is 5.32 Å². The molecule has 1 atom stereocenters. The summed E-state index contributed by atoms with van der Waals surface area (Å²) >= 11 is 0. The maximum Gasteiger partial charge on any atom is 0.416 e. The molecule has 138 valence electrons. The van der Waals surface area contributed by atoms with E-state index in [-0.39, 0.29) is 12.0 Å². The van der Waals surface area contributed by atoms with Crippen LogP contribution in [0.25, 0.3) is 0 Å². The molecule has 0 aliphatic heterocycles. The van der Waals surface area contributed by atoms with Gasteiger partial charge in [0.1, 0.15) is 6.04 Å². The summed E-state index contributed by atoms with van der Waals surface area (Å²) in [6.45, 7) is 1.92. The van der Waals surface area contributed by atoms with Gasteiger partial charge in [-0.05, 0) is 36.8 Å². The number of ether oxygens (including phenoxy) is 1. The first-order chi connectivity index (χ1) is 12.2. The molecule has 7 heteroatoms. The average molecular weight is 365 g/mol. The summed E-state index contributed by atoms with van der Waals surface area (Å²) in [4.78, 5) is 24.2. The van der Waals surface area contributed by atoms with E-state index >= 15 is 0 Å². The molecule has 0 aromatic heterocycles. The van der Waals surface area contributed by atoms with E-state index in [1.54, 1.807) is 0 Å². The van der Waals surface area contributed by atoms with Crippen molar-refractivity contribution < 1.29 is 27.5 Å². The van der Waals surface area contributed by atoms with Gasteiger partial charge in [-0.3, -0.25) is 4.79 Å². The quantitative estimate of drug-likeness (QED) is 0.825. The minimum absolute atomic E-state index is 0.0239. The molecule has 1 amide bonds. The van der Waals surface area contributed by atoms with Crippen LogP contribution in [0, 0.1) is 6.92 Å². The van der Waals surface area contributed by atoms with Crippen LogP contribution >= 0.6 is 0 Å². The Hall–Kier alpha value is -2.83. The molecule has 0 fully saturated rings. The highest BCUT2D eigenvalue weighted by atomic mass is 19.4. The summed E-state index contributed by atoms with van der Waals surface area (Å²) in [6.07, 6.45) is -4.27. The summed E-state index contributed by atoms with van der Waals surface area (Å²) in [5.41, 5.74) is 1.05. The minimum atomic E-state index is -4.48. The molecule has 0 bridgehead atoms. The molecule has 0 aliphatic rings. The molecular formula is C19H18F3NO3. The molecule has 2 aromatic rings. The third kappa shape index (κ3) is 5.08. The third-order valence-corrected chi connectivity index (χ3v) is 3.83. The topological polar surface area (TPSA) is 55.4 Å². The fourth-order valence-electron chi connectivity index (χ4n) is 2.35. The molecule has 0 saturated heterocycles. The van der Waals surface area contributed by atoms with E-state index in [1.165, 1.54) is 7.11 Å². The molecule has 26 heavy (non-hydrogen) atoms. The minimum Gasteiger partial charge on any atom is -0.467 e. The molecule has 1 N–H and O–H groups in total. The predicted molar refractivity (Wildman–Crippen MR) is 89.6 cm³/mol. The van der Waals surface area contributed by atoms with E-state index in [0.29, 0.717) is 0 Å². The molecule has 2 rings (SSSR count). The van der Waals surface area contributed by atoms with E-state index in [4.69, 9.17) is 4.74 Å². The first-order valence-corrected chi connectivity index (χ1v) is 7.82. The maximum absolute atomic E-state index is 12.6. The van der Waals surface area contributed by atoms with E-state index < -0.39 is 29.7 Å². The number of hydrogen-bond acceptors (Lipinski definition) is 3. The van der Waals surface area contributed by atoms with E-state index in [9.17, 15) is 22.8 Å². The Morgan fingerprint density at radius 3 is 2.12 bits per heavy atom. The van der Waals surface area contributed by atoms with Gasteiger partial charge in [0.2, 0.25) is 0 Å². The fourth-order valence-corrected chi connectivity index (χ4v) is 2.35. The smallest absolute Gasteiger partial charge is 0.416 e. The maximum atomic E-state index is 12.6. The number of esters is 1. The summed E-state index contributed by atoms with van der Waals surface area (Å²) in [5.74, 6) is -1.29. The summed E-state index contributed by atoms with van der Waals surface area (Å²) in [6, 6.07) is 10.2. The molecule has 4 nitrogen and oxygen atoms in total. The Labute approximate surface area is 149 Å². The molecular weight excluding hydrogens is 347 g/mol. The predicted octanol–water partition coefficient (Wildman–Crippen LogP) is 3.53. The number of nitrogens with one attached hydrogen (secondary N) is 1. The van der Waals surface area contributed by atoms with Crippen molar-refractivity contribution in [2.75, 3.05) is 7.11 Å². The fraction of sp³-hybridized carbons (Fsp3) is 0.263. The highest BCUT2D eigenvalue weighted by molar-refractivity contribution is 5.96. The second-order valence-electron chi connectivity index (χ2n) is 5.81. The number of benzene rings is 2. The summed E-state index contributed by atoms with van der Waals surface area (Å²) in [5, 5.41) is 2.51. The van der Waals surface area contributed by atoms with Gasteiger partial charge >= 0.3 is 12.1 Å². The lowest BCUT2D eigenvalue weighted by Crippen LogP contribution is -2.43. The van der Waals surface area contributed by atoms with Crippen LogP contribution in [0.5, 0.6) is 0 Å². The molecule has 0 spiro atoms. The van der Waals surface area contributed by atoms with E-state index in [2.05, 4.69) is 5.32 Å². The van der Waals surface area contributed by atoms with Gasteiger partial charge in [-0.2, -0.15) is 13.2 Å². The summed E-state index contributed by atoms with van der Waals surface area (Å²) in [7, 11) is 1.20. The normalized spacial score (nSPS) is 12.3. The standard InChI is InChI=1S/C19H18F3NO3/c1-12-3-5-13(6-4-12)11-16(18(25)26-2)23-17(24)14-7-9-15(10-8-14)19(20,21)22/h3-10,16H,11H2,1-2H3,(H,23,24)/t16-/m1/s1. The van der Waals surface area contributed by atoms with Gasteiger partial charge in [0, 0.05) is 12.0 Å². The van der Waals surface area contributed by atoms with Crippen LogP contribution in [-0.4, -0.2) is 25.0 Å². The average Bonchev–Trinajstić information content (AvgIpc) is 2.61. The first-order valence-electron chi connectivity index (χ1n) is 7.82. The Balaban J connectivity index is 2.13. The van der Waals surface area contributed by atoms with Gasteiger partial charge in [0.25, 0.3) is 5.91 Å². The second-order valence-corrected chi connectivity index (χ2v) is 5.81. The van der Waals surface area contributed by atoms with Crippen molar-refractivity contribution in [3.05, 3.63) is 70.8 Å². The van der Waals surface area contributed by atoms with Crippen LogP contribution in [0.2, 0.25) is 0 Å². The Bertz CT molecular complexity index is 768. The Morgan fingerprint density at radius 1 is 1.04 bits per heavy atom. The first kappa shape index (κ1) is 19.5. The number of aryl methyl sites for hydroxylation is 1. The number of methoxy groups -OCH3 is 1. The molecule has 0 heterocycles. The van der Waals surface area contributed by atoms with Crippen LogP contribution in [-0.2, 0) is 22.1 Å². The van der Waals surface area contributed by atoms with Crippen molar-refractivity contribution in [2.45, 2.75) is 25.6 Å². The zero-order valence-corrected chi connectivity index (χ0v) is 14.3. The number of hydrogen-bond donors (Lipinski definition) is 1. The van der Waals surface area contributed by atoms with Crippen molar-refractivity contribution >= 4 is 11.9 Å². The second kappa shape index (κ2) is 8.03. The Morgan fingerprint density at radius 2 is 1.62 bits per heavy atom.